The van der Waals surface area contributed by atoms with E-state index in [-0.39, 0.29) is 17.7 Å². The summed E-state index contributed by atoms with van der Waals surface area (Å²) >= 11 is 1.32. The zero-order valence-electron chi connectivity index (χ0n) is 16.0. The standard InChI is InChI=1S/C21H24N4O2S/c1-15(8-9-16-6-4-3-5-7-16)22-19(26)14-28-21-23-20(24-25-21)17-10-12-18(27-2)13-11-17/h3-7,10-13,15H,8-9,14H2,1-2H3,(H,22,26)(H,23,24,25)/t15-/m1/s1. The number of H-pyrrole nitrogens is 1. The van der Waals surface area contributed by atoms with Crippen molar-refractivity contribution in [2.75, 3.05) is 12.9 Å². The fourth-order valence-electron chi connectivity index (χ4n) is 2.74. The van der Waals surface area contributed by atoms with Crippen LogP contribution in [0.3, 0.4) is 0 Å². The monoisotopic (exact) mass is 396 g/mol. The lowest BCUT2D eigenvalue weighted by molar-refractivity contribution is -0.119. The Hall–Kier alpha value is -2.80. The van der Waals surface area contributed by atoms with Crippen LogP contribution in [0.4, 0.5) is 0 Å². The summed E-state index contributed by atoms with van der Waals surface area (Å²) in [6.45, 7) is 2.03. The number of methoxy groups -OCH3 is 1. The normalized spacial score (nSPS) is 11.8. The van der Waals surface area contributed by atoms with Crippen molar-refractivity contribution >= 4 is 17.7 Å². The SMILES string of the molecule is COc1ccc(-c2nc(SCC(=O)N[C@H](C)CCc3ccccc3)n[nH]2)cc1. The molecule has 0 aliphatic rings. The summed E-state index contributed by atoms with van der Waals surface area (Å²) in [5, 5.41) is 10.7. The van der Waals surface area contributed by atoms with Gasteiger partial charge in [0.05, 0.1) is 12.9 Å². The minimum absolute atomic E-state index is 0.0126. The topological polar surface area (TPSA) is 79.9 Å². The summed E-state index contributed by atoms with van der Waals surface area (Å²) in [6, 6.07) is 18.0. The lowest BCUT2D eigenvalue weighted by atomic mass is 10.1. The van der Waals surface area contributed by atoms with E-state index >= 15 is 0 Å². The molecule has 0 saturated heterocycles. The fraction of sp³-hybridized carbons (Fsp3) is 0.286. The number of aryl methyl sites for hydroxylation is 1. The van der Waals surface area contributed by atoms with E-state index in [0.717, 1.165) is 24.2 Å². The first-order valence-corrected chi connectivity index (χ1v) is 10.2. The van der Waals surface area contributed by atoms with Gasteiger partial charge in [-0.1, -0.05) is 42.1 Å². The molecule has 28 heavy (non-hydrogen) atoms. The number of thioether (sulfide) groups is 1. The van der Waals surface area contributed by atoms with E-state index in [0.29, 0.717) is 11.0 Å². The second-order valence-corrected chi connectivity index (χ2v) is 7.42. The van der Waals surface area contributed by atoms with E-state index in [4.69, 9.17) is 4.74 Å². The number of nitrogens with zero attached hydrogens (tertiary/aromatic N) is 2. The van der Waals surface area contributed by atoms with Gasteiger partial charge in [0.2, 0.25) is 11.1 Å². The molecule has 2 N–H and O–H groups in total. The summed E-state index contributed by atoms with van der Waals surface area (Å²) in [6.07, 6.45) is 1.85. The predicted molar refractivity (Wildman–Crippen MR) is 111 cm³/mol. The largest absolute Gasteiger partial charge is 0.497 e. The molecule has 146 valence electrons. The molecular weight excluding hydrogens is 372 g/mol. The number of aromatic nitrogens is 3. The first-order valence-electron chi connectivity index (χ1n) is 9.17. The number of ether oxygens (including phenoxy) is 1. The van der Waals surface area contributed by atoms with Gasteiger partial charge in [-0.15, -0.1) is 5.10 Å². The summed E-state index contributed by atoms with van der Waals surface area (Å²) in [5.74, 6) is 1.73. The highest BCUT2D eigenvalue weighted by Crippen LogP contribution is 2.21. The zero-order valence-corrected chi connectivity index (χ0v) is 16.8. The number of aromatic amines is 1. The average molecular weight is 397 g/mol. The molecule has 0 saturated carbocycles. The number of carbonyl (C=O) groups is 1. The van der Waals surface area contributed by atoms with Crippen molar-refractivity contribution < 1.29 is 9.53 Å². The highest BCUT2D eigenvalue weighted by molar-refractivity contribution is 7.99. The van der Waals surface area contributed by atoms with Crippen molar-refractivity contribution in [1.82, 2.24) is 20.5 Å². The molecule has 7 heteroatoms. The number of hydrogen-bond donors (Lipinski definition) is 2. The highest BCUT2D eigenvalue weighted by Gasteiger charge is 2.11. The van der Waals surface area contributed by atoms with Gasteiger partial charge in [-0.05, 0) is 49.6 Å². The van der Waals surface area contributed by atoms with Crippen LogP contribution < -0.4 is 10.1 Å². The van der Waals surface area contributed by atoms with Crippen molar-refractivity contribution in [1.29, 1.82) is 0 Å². The Morgan fingerprint density at radius 3 is 2.64 bits per heavy atom. The van der Waals surface area contributed by atoms with E-state index in [1.165, 1.54) is 17.3 Å². The smallest absolute Gasteiger partial charge is 0.230 e. The van der Waals surface area contributed by atoms with Crippen molar-refractivity contribution in [3.8, 4) is 17.1 Å². The van der Waals surface area contributed by atoms with Crippen LogP contribution in [0.5, 0.6) is 5.75 Å². The Balaban J connectivity index is 1.43. The first-order chi connectivity index (χ1) is 13.6. The Morgan fingerprint density at radius 2 is 1.93 bits per heavy atom. The van der Waals surface area contributed by atoms with E-state index in [1.54, 1.807) is 7.11 Å². The van der Waals surface area contributed by atoms with Gasteiger partial charge in [0.25, 0.3) is 0 Å². The Labute approximate surface area is 169 Å². The van der Waals surface area contributed by atoms with Crippen molar-refractivity contribution in [3.05, 3.63) is 60.2 Å². The minimum atomic E-state index is -0.0126. The maximum Gasteiger partial charge on any atom is 0.230 e. The zero-order chi connectivity index (χ0) is 19.8. The minimum Gasteiger partial charge on any atom is -0.497 e. The molecule has 3 aromatic rings. The van der Waals surface area contributed by atoms with Crippen LogP contribution in [-0.4, -0.2) is 40.0 Å². The van der Waals surface area contributed by atoms with Gasteiger partial charge >= 0.3 is 0 Å². The van der Waals surface area contributed by atoms with Gasteiger partial charge in [-0.25, -0.2) is 4.98 Å². The van der Waals surface area contributed by atoms with Crippen LogP contribution in [0.25, 0.3) is 11.4 Å². The van der Waals surface area contributed by atoms with Gasteiger partial charge in [0, 0.05) is 11.6 Å². The van der Waals surface area contributed by atoms with E-state index in [9.17, 15) is 4.79 Å². The first kappa shape index (κ1) is 19.9. The second kappa shape index (κ2) is 9.94. The predicted octanol–water partition coefficient (Wildman–Crippen LogP) is 3.71. The van der Waals surface area contributed by atoms with Crippen LogP contribution >= 0.6 is 11.8 Å². The number of nitrogens with one attached hydrogen (secondary N) is 2. The van der Waals surface area contributed by atoms with Crippen LogP contribution in [0.1, 0.15) is 18.9 Å². The Kier molecular flexibility index (Phi) is 7.08. The Morgan fingerprint density at radius 1 is 1.18 bits per heavy atom. The summed E-state index contributed by atoms with van der Waals surface area (Å²) < 4.78 is 5.15. The molecule has 1 aromatic heterocycles. The molecule has 1 atom stereocenters. The van der Waals surface area contributed by atoms with E-state index in [2.05, 4.69) is 32.6 Å². The molecule has 2 aromatic carbocycles. The number of hydrogen-bond acceptors (Lipinski definition) is 5. The number of rotatable bonds is 9. The highest BCUT2D eigenvalue weighted by atomic mass is 32.2. The van der Waals surface area contributed by atoms with Gasteiger partial charge in [-0.2, -0.15) is 0 Å². The second-order valence-electron chi connectivity index (χ2n) is 6.48. The molecule has 6 nitrogen and oxygen atoms in total. The van der Waals surface area contributed by atoms with E-state index in [1.807, 2.05) is 49.4 Å². The summed E-state index contributed by atoms with van der Waals surface area (Å²) in [7, 11) is 1.63. The van der Waals surface area contributed by atoms with Crippen LogP contribution in [0, 0.1) is 0 Å². The number of benzene rings is 2. The van der Waals surface area contributed by atoms with Crippen molar-refractivity contribution in [2.24, 2.45) is 0 Å². The molecule has 0 radical (unpaired) electrons. The average Bonchev–Trinajstić information content (AvgIpc) is 3.21. The van der Waals surface area contributed by atoms with Crippen LogP contribution in [-0.2, 0) is 11.2 Å². The summed E-state index contributed by atoms with van der Waals surface area (Å²) in [5.41, 5.74) is 2.20. The molecule has 0 spiro atoms. The molecule has 0 aliphatic carbocycles. The van der Waals surface area contributed by atoms with Crippen LogP contribution in [0.15, 0.2) is 59.8 Å². The van der Waals surface area contributed by atoms with Gasteiger partial charge in [-0.3, -0.25) is 9.89 Å². The fourth-order valence-corrected chi connectivity index (χ4v) is 3.35. The lowest BCUT2D eigenvalue weighted by Gasteiger charge is -2.13. The molecule has 0 aliphatic heterocycles. The maximum absolute atomic E-state index is 12.2. The van der Waals surface area contributed by atoms with Gasteiger partial charge < -0.3 is 10.1 Å². The number of carbonyl (C=O) groups excluding carboxylic acids is 1. The van der Waals surface area contributed by atoms with Crippen LogP contribution in [0.2, 0.25) is 0 Å². The molecule has 1 amide bonds. The van der Waals surface area contributed by atoms with Crippen molar-refractivity contribution in [3.63, 3.8) is 0 Å². The van der Waals surface area contributed by atoms with Crippen molar-refractivity contribution in [2.45, 2.75) is 31.0 Å². The third kappa shape index (κ3) is 5.85. The lowest BCUT2D eigenvalue weighted by Crippen LogP contribution is -2.34. The molecule has 1 heterocycles. The van der Waals surface area contributed by atoms with E-state index < -0.39 is 0 Å². The third-order valence-corrected chi connectivity index (χ3v) is 5.12. The van der Waals surface area contributed by atoms with Gasteiger partial charge in [0.1, 0.15) is 5.75 Å². The third-order valence-electron chi connectivity index (χ3n) is 4.28. The molecule has 0 bridgehead atoms. The quantitative estimate of drug-likeness (QED) is 0.539. The summed E-state index contributed by atoms with van der Waals surface area (Å²) in [4.78, 5) is 16.6. The molecule has 0 fully saturated rings. The Bertz CT molecular complexity index is 881. The molecule has 3 rings (SSSR count). The van der Waals surface area contributed by atoms with Gasteiger partial charge in [0.15, 0.2) is 5.82 Å². The molecule has 0 unspecified atom stereocenters. The maximum atomic E-state index is 12.2. The molecular formula is C21H24N4O2S. The number of amides is 1.